The van der Waals surface area contributed by atoms with Gasteiger partial charge in [-0.15, -0.1) is 0 Å². The van der Waals surface area contributed by atoms with Crippen molar-refractivity contribution < 1.29 is 27.3 Å². The Kier molecular flexibility index (Phi) is 4.71. The van der Waals surface area contributed by atoms with Crippen molar-refractivity contribution in [1.29, 1.82) is 0 Å². The minimum Gasteiger partial charge on any atom is -0.338 e. The highest BCUT2D eigenvalue weighted by Gasteiger charge is 2.35. The summed E-state index contributed by atoms with van der Waals surface area (Å²) < 4.78 is 42.8. The van der Waals surface area contributed by atoms with Crippen LogP contribution in [0.15, 0.2) is 34.9 Å². The van der Waals surface area contributed by atoms with Gasteiger partial charge in [0.15, 0.2) is 0 Å². The summed E-state index contributed by atoms with van der Waals surface area (Å²) in [6, 6.07) is 5.97. The highest BCUT2D eigenvalue weighted by atomic mass is 19.4. The Morgan fingerprint density at radius 1 is 1.35 bits per heavy atom. The molecule has 1 unspecified atom stereocenters. The van der Waals surface area contributed by atoms with Gasteiger partial charge in [0, 0.05) is 30.6 Å². The Balaban J connectivity index is 1.61. The maximum atomic E-state index is 12.6. The average molecular weight is 367 g/mol. The molecule has 1 aliphatic rings. The quantitative estimate of drug-likeness (QED) is 0.899. The summed E-state index contributed by atoms with van der Waals surface area (Å²) in [5.41, 5.74) is 0.230. The first kappa shape index (κ1) is 18.0. The van der Waals surface area contributed by atoms with Gasteiger partial charge in [-0.3, -0.25) is 14.9 Å². The largest absolute Gasteiger partial charge is 0.416 e. The third-order valence-electron chi connectivity index (χ3n) is 4.15. The molecule has 1 N–H and O–H groups in total. The van der Waals surface area contributed by atoms with Crippen LogP contribution in [-0.2, 0) is 15.8 Å². The maximum Gasteiger partial charge on any atom is 0.416 e. The zero-order chi connectivity index (χ0) is 18.9. The second kappa shape index (κ2) is 6.81. The van der Waals surface area contributed by atoms with E-state index in [4.69, 9.17) is 4.52 Å². The van der Waals surface area contributed by atoms with Crippen molar-refractivity contribution in [3.63, 3.8) is 0 Å². The molecule has 2 amide bonds. The topological polar surface area (TPSA) is 75.4 Å². The first-order valence-electron chi connectivity index (χ1n) is 7.96. The van der Waals surface area contributed by atoms with Crippen LogP contribution in [0.3, 0.4) is 0 Å². The Bertz CT molecular complexity index is 815. The molecule has 1 fully saturated rings. The van der Waals surface area contributed by atoms with E-state index in [1.807, 2.05) is 0 Å². The van der Waals surface area contributed by atoms with Gasteiger partial charge in [-0.25, -0.2) is 0 Å². The number of nitrogens with zero attached hydrogens (tertiary/aromatic N) is 2. The van der Waals surface area contributed by atoms with Crippen LogP contribution in [-0.4, -0.2) is 23.5 Å². The van der Waals surface area contributed by atoms with Crippen LogP contribution in [0.4, 0.5) is 24.7 Å². The third-order valence-corrected chi connectivity index (χ3v) is 4.15. The summed E-state index contributed by atoms with van der Waals surface area (Å²) in [4.78, 5) is 25.9. The fourth-order valence-electron chi connectivity index (χ4n) is 2.85. The van der Waals surface area contributed by atoms with Gasteiger partial charge in [0.25, 0.3) is 0 Å². The van der Waals surface area contributed by atoms with Gasteiger partial charge < -0.3 is 9.42 Å². The lowest BCUT2D eigenvalue weighted by molar-refractivity contribution is -0.137. The van der Waals surface area contributed by atoms with E-state index >= 15 is 0 Å². The molecule has 1 aromatic carbocycles. The minimum atomic E-state index is -4.42. The number of carbonyl (C=O) groups is 2. The first-order chi connectivity index (χ1) is 12.2. The van der Waals surface area contributed by atoms with Crippen molar-refractivity contribution in [2.75, 3.05) is 16.8 Å². The predicted molar refractivity (Wildman–Crippen MR) is 86.4 cm³/mol. The van der Waals surface area contributed by atoms with E-state index in [0.717, 1.165) is 12.1 Å². The Morgan fingerprint density at radius 3 is 2.62 bits per heavy atom. The number of alkyl halides is 3. The smallest absolute Gasteiger partial charge is 0.338 e. The Morgan fingerprint density at radius 2 is 2.04 bits per heavy atom. The molecule has 1 aromatic heterocycles. The third kappa shape index (κ3) is 3.87. The SMILES string of the molecule is Cc1cc(NC(=O)CC2CCN(c3ccc(C(F)(F)F)cc3)C2=O)on1. The molecule has 1 atom stereocenters. The van der Waals surface area contributed by atoms with Gasteiger partial charge in [-0.1, -0.05) is 5.16 Å². The van der Waals surface area contributed by atoms with Crippen LogP contribution in [0.25, 0.3) is 0 Å². The summed E-state index contributed by atoms with van der Waals surface area (Å²) in [5, 5.41) is 6.17. The summed E-state index contributed by atoms with van der Waals surface area (Å²) in [6.45, 7) is 2.06. The monoisotopic (exact) mass is 367 g/mol. The van der Waals surface area contributed by atoms with Crippen molar-refractivity contribution in [3.05, 3.63) is 41.6 Å². The van der Waals surface area contributed by atoms with Crippen LogP contribution in [0.1, 0.15) is 24.1 Å². The second-order valence-corrected chi connectivity index (χ2v) is 6.10. The second-order valence-electron chi connectivity index (χ2n) is 6.10. The number of aryl methyl sites for hydroxylation is 1. The van der Waals surface area contributed by atoms with Crippen LogP contribution in [0.5, 0.6) is 0 Å². The molecule has 2 aromatic rings. The Labute approximate surface area is 146 Å². The van der Waals surface area contributed by atoms with E-state index in [2.05, 4.69) is 10.5 Å². The Hall–Kier alpha value is -2.84. The van der Waals surface area contributed by atoms with Crippen LogP contribution in [0.2, 0.25) is 0 Å². The number of halogens is 3. The molecule has 0 spiro atoms. The standard InChI is InChI=1S/C17H16F3N3O3/c1-10-8-15(26-22-10)21-14(24)9-11-6-7-23(16(11)25)13-4-2-12(3-5-13)17(18,19)20/h2-5,8,11H,6-7,9H2,1H3,(H,21,24). The van der Waals surface area contributed by atoms with E-state index in [0.29, 0.717) is 24.3 Å². The molecule has 0 bridgehead atoms. The molecule has 3 rings (SSSR count). The molecule has 26 heavy (non-hydrogen) atoms. The normalized spacial score (nSPS) is 17.6. The summed E-state index contributed by atoms with van der Waals surface area (Å²) in [7, 11) is 0. The van der Waals surface area contributed by atoms with Crippen molar-refractivity contribution in [3.8, 4) is 0 Å². The number of amides is 2. The molecule has 2 heterocycles. The predicted octanol–water partition coefficient (Wildman–Crippen LogP) is 3.38. The number of aromatic nitrogens is 1. The maximum absolute atomic E-state index is 12.6. The molecular weight excluding hydrogens is 351 g/mol. The van der Waals surface area contributed by atoms with Crippen LogP contribution >= 0.6 is 0 Å². The van der Waals surface area contributed by atoms with Crippen LogP contribution in [0, 0.1) is 12.8 Å². The number of hydrogen-bond donors (Lipinski definition) is 1. The number of hydrogen-bond acceptors (Lipinski definition) is 4. The van der Waals surface area contributed by atoms with Gasteiger partial charge >= 0.3 is 6.18 Å². The van der Waals surface area contributed by atoms with Gasteiger partial charge in [0.2, 0.25) is 17.7 Å². The molecule has 138 valence electrons. The van der Waals surface area contributed by atoms with E-state index in [1.165, 1.54) is 17.0 Å². The number of benzene rings is 1. The molecule has 0 saturated carbocycles. The number of anilines is 2. The van der Waals surface area contributed by atoms with Crippen molar-refractivity contribution in [2.24, 2.45) is 5.92 Å². The van der Waals surface area contributed by atoms with Gasteiger partial charge in [0.1, 0.15) is 0 Å². The zero-order valence-corrected chi connectivity index (χ0v) is 13.8. The van der Waals surface area contributed by atoms with Gasteiger partial charge in [-0.2, -0.15) is 13.2 Å². The minimum absolute atomic E-state index is 0.0320. The number of rotatable bonds is 4. The summed E-state index contributed by atoms with van der Waals surface area (Å²) in [5.74, 6) is -0.985. The lowest BCUT2D eigenvalue weighted by atomic mass is 10.0. The molecule has 1 aliphatic heterocycles. The van der Waals surface area contributed by atoms with E-state index in [1.54, 1.807) is 13.0 Å². The highest BCUT2D eigenvalue weighted by Crippen LogP contribution is 2.32. The van der Waals surface area contributed by atoms with E-state index < -0.39 is 17.7 Å². The molecule has 1 saturated heterocycles. The fraction of sp³-hybridized carbons (Fsp3) is 0.353. The van der Waals surface area contributed by atoms with Crippen molar-refractivity contribution in [1.82, 2.24) is 5.16 Å². The first-order valence-corrected chi connectivity index (χ1v) is 7.96. The molecule has 0 radical (unpaired) electrons. The lowest BCUT2D eigenvalue weighted by Crippen LogP contribution is -2.28. The number of carbonyl (C=O) groups excluding carboxylic acids is 2. The van der Waals surface area contributed by atoms with Crippen molar-refractivity contribution in [2.45, 2.75) is 25.9 Å². The lowest BCUT2D eigenvalue weighted by Gasteiger charge is -2.17. The van der Waals surface area contributed by atoms with E-state index in [9.17, 15) is 22.8 Å². The van der Waals surface area contributed by atoms with Gasteiger partial charge in [0.05, 0.1) is 11.3 Å². The molecular formula is C17H16F3N3O3. The average Bonchev–Trinajstić information content (AvgIpc) is 3.13. The fourth-order valence-corrected chi connectivity index (χ4v) is 2.85. The van der Waals surface area contributed by atoms with Crippen LogP contribution < -0.4 is 10.2 Å². The zero-order valence-electron chi connectivity index (χ0n) is 13.8. The summed E-state index contributed by atoms with van der Waals surface area (Å²) >= 11 is 0. The van der Waals surface area contributed by atoms with Gasteiger partial charge in [-0.05, 0) is 37.6 Å². The highest BCUT2D eigenvalue weighted by molar-refractivity contribution is 6.01. The van der Waals surface area contributed by atoms with Crippen molar-refractivity contribution >= 4 is 23.4 Å². The van der Waals surface area contributed by atoms with E-state index in [-0.39, 0.29) is 24.1 Å². The molecule has 6 nitrogen and oxygen atoms in total. The summed E-state index contributed by atoms with van der Waals surface area (Å²) in [6.07, 6.45) is -4.01. The molecule has 0 aliphatic carbocycles. The molecule has 9 heteroatoms. The number of nitrogens with one attached hydrogen (secondary N) is 1.